The molecule has 200 valence electrons. The van der Waals surface area contributed by atoms with E-state index >= 15 is 0 Å². The van der Waals surface area contributed by atoms with Gasteiger partial charge in [0.2, 0.25) is 0 Å². The summed E-state index contributed by atoms with van der Waals surface area (Å²) >= 11 is 0. The molecule has 2 aromatic rings. The quantitative estimate of drug-likeness (QED) is 0.423. The van der Waals surface area contributed by atoms with E-state index < -0.39 is 5.41 Å². The fourth-order valence-electron chi connectivity index (χ4n) is 3.01. The molecule has 0 amide bonds. The number of rotatable bonds is 8. The van der Waals surface area contributed by atoms with Crippen molar-refractivity contribution in [2.75, 3.05) is 14.2 Å². The van der Waals surface area contributed by atoms with Gasteiger partial charge in [-0.1, -0.05) is 41.5 Å². The van der Waals surface area contributed by atoms with E-state index in [0.717, 1.165) is 22.8 Å². The van der Waals surface area contributed by atoms with Gasteiger partial charge in [-0.15, -0.1) is 0 Å². The minimum absolute atomic E-state index is 0.145. The number of allylic oxidation sites excluding steroid dienone is 4. The minimum Gasteiger partial charge on any atom is -0.497 e. The molecule has 2 rings (SSSR count). The number of nitrogens with zero attached hydrogens (tertiary/aromatic N) is 4. The normalized spacial score (nSPS) is 14.0. The lowest BCUT2D eigenvalue weighted by Gasteiger charge is -2.25. The van der Waals surface area contributed by atoms with E-state index in [1.807, 2.05) is 67.5 Å². The average molecular weight is 507 g/mol. The van der Waals surface area contributed by atoms with Crippen molar-refractivity contribution in [2.24, 2.45) is 32.3 Å². The predicted molar refractivity (Wildman–Crippen MR) is 153 cm³/mol. The Bertz CT molecular complexity index is 1120. The number of aromatic nitrogens is 2. The van der Waals surface area contributed by atoms with Gasteiger partial charge in [0, 0.05) is 64.3 Å². The SMILES string of the molecule is COc1cc(N=CC=C(N)C(C)(C)C)nc(C(C)(C)c2cc(OC)cc(N=CC=C(N)C(C)(C)C)n2)c1. The summed E-state index contributed by atoms with van der Waals surface area (Å²) in [5, 5.41) is 0. The highest BCUT2D eigenvalue weighted by Crippen LogP contribution is 2.35. The Hall–Kier alpha value is -3.68. The first-order chi connectivity index (χ1) is 17.1. The van der Waals surface area contributed by atoms with Crippen LogP contribution in [-0.4, -0.2) is 36.6 Å². The molecule has 0 atom stereocenters. The maximum absolute atomic E-state index is 6.14. The van der Waals surface area contributed by atoms with E-state index in [1.165, 1.54) is 0 Å². The second kappa shape index (κ2) is 11.6. The van der Waals surface area contributed by atoms with Crippen molar-refractivity contribution in [2.45, 2.75) is 60.8 Å². The Morgan fingerprint density at radius 1 is 0.676 bits per heavy atom. The summed E-state index contributed by atoms with van der Waals surface area (Å²) in [6, 6.07) is 7.32. The summed E-state index contributed by atoms with van der Waals surface area (Å²) in [6.45, 7) is 16.4. The van der Waals surface area contributed by atoms with Crippen molar-refractivity contribution in [1.82, 2.24) is 9.97 Å². The third-order valence-corrected chi connectivity index (χ3v) is 5.98. The Morgan fingerprint density at radius 3 is 1.32 bits per heavy atom. The zero-order valence-electron chi connectivity index (χ0n) is 23.9. The van der Waals surface area contributed by atoms with E-state index in [9.17, 15) is 0 Å². The molecule has 0 unspecified atom stereocenters. The molecular weight excluding hydrogens is 464 g/mol. The highest BCUT2D eigenvalue weighted by Gasteiger charge is 2.29. The van der Waals surface area contributed by atoms with Gasteiger partial charge < -0.3 is 20.9 Å². The van der Waals surface area contributed by atoms with Crippen LogP contribution in [0.4, 0.5) is 11.6 Å². The van der Waals surface area contributed by atoms with Crippen LogP contribution in [0.2, 0.25) is 0 Å². The minimum atomic E-state index is -0.613. The number of ether oxygens (including phenoxy) is 2. The van der Waals surface area contributed by atoms with Crippen molar-refractivity contribution in [3.05, 3.63) is 59.2 Å². The predicted octanol–water partition coefficient (Wildman–Crippen LogP) is 6.00. The van der Waals surface area contributed by atoms with Gasteiger partial charge in [-0.2, -0.15) is 0 Å². The molecule has 2 aromatic heterocycles. The number of hydrogen-bond donors (Lipinski definition) is 2. The summed E-state index contributed by atoms with van der Waals surface area (Å²) in [4.78, 5) is 18.6. The largest absolute Gasteiger partial charge is 0.497 e. The highest BCUT2D eigenvalue weighted by molar-refractivity contribution is 5.75. The lowest BCUT2D eigenvalue weighted by molar-refractivity contribution is 0.409. The first-order valence-electron chi connectivity index (χ1n) is 12.2. The Labute approximate surface area is 221 Å². The van der Waals surface area contributed by atoms with E-state index in [0.29, 0.717) is 23.1 Å². The smallest absolute Gasteiger partial charge is 0.155 e. The second-order valence-electron chi connectivity index (χ2n) is 11.4. The van der Waals surface area contributed by atoms with Crippen LogP contribution in [0.25, 0.3) is 0 Å². The van der Waals surface area contributed by atoms with Gasteiger partial charge in [0.05, 0.1) is 25.6 Å². The molecule has 0 aliphatic rings. The topological polar surface area (TPSA) is 121 Å². The molecule has 0 spiro atoms. The number of nitrogens with two attached hydrogens (primary N) is 2. The lowest BCUT2D eigenvalue weighted by atomic mass is 9.84. The Kier molecular flexibility index (Phi) is 9.25. The van der Waals surface area contributed by atoms with Gasteiger partial charge in [0.25, 0.3) is 0 Å². The van der Waals surface area contributed by atoms with Crippen LogP contribution in [0, 0.1) is 10.8 Å². The molecule has 0 aromatic carbocycles. The molecule has 0 aliphatic heterocycles. The highest BCUT2D eigenvalue weighted by atomic mass is 16.5. The van der Waals surface area contributed by atoms with Gasteiger partial charge in [0.1, 0.15) is 11.5 Å². The van der Waals surface area contributed by atoms with Gasteiger partial charge in [-0.3, -0.25) is 0 Å². The van der Waals surface area contributed by atoms with Crippen molar-refractivity contribution in [1.29, 1.82) is 0 Å². The molecule has 4 N–H and O–H groups in total. The molecule has 2 heterocycles. The van der Waals surface area contributed by atoms with Gasteiger partial charge >= 0.3 is 0 Å². The number of pyridine rings is 2. The zero-order chi connectivity index (χ0) is 28.0. The van der Waals surface area contributed by atoms with Crippen LogP contribution in [-0.2, 0) is 5.41 Å². The summed E-state index contributed by atoms with van der Waals surface area (Å²) < 4.78 is 11.1. The van der Waals surface area contributed by atoms with Crippen molar-refractivity contribution in [3.8, 4) is 11.5 Å². The molecular formula is C29H42N6O2. The molecule has 0 fully saturated rings. The van der Waals surface area contributed by atoms with Crippen molar-refractivity contribution < 1.29 is 9.47 Å². The molecule has 8 nitrogen and oxygen atoms in total. The van der Waals surface area contributed by atoms with Crippen molar-refractivity contribution >= 4 is 24.1 Å². The fourth-order valence-corrected chi connectivity index (χ4v) is 3.01. The maximum atomic E-state index is 6.14. The monoisotopic (exact) mass is 506 g/mol. The first-order valence-corrected chi connectivity index (χ1v) is 12.2. The molecule has 0 bridgehead atoms. The van der Waals surface area contributed by atoms with Crippen LogP contribution in [0.3, 0.4) is 0 Å². The van der Waals surface area contributed by atoms with Crippen molar-refractivity contribution in [3.63, 3.8) is 0 Å². The van der Waals surface area contributed by atoms with Crippen LogP contribution in [0.1, 0.15) is 66.8 Å². The molecule has 0 saturated heterocycles. The third kappa shape index (κ3) is 8.17. The van der Waals surface area contributed by atoms with Gasteiger partial charge in [0.15, 0.2) is 11.6 Å². The molecule has 0 radical (unpaired) electrons. The Morgan fingerprint density at radius 2 is 1.03 bits per heavy atom. The zero-order valence-corrected chi connectivity index (χ0v) is 23.9. The van der Waals surface area contributed by atoms with E-state index in [4.69, 9.17) is 30.9 Å². The van der Waals surface area contributed by atoms with Crippen LogP contribution >= 0.6 is 0 Å². The molecule has 0 saturated carbocycles. The van der Waals surface area contributed by atoms with Crippen LogP contribution in [0.15, 0.2) is 57.8 Å². The second-order valence-corrected chi connectivity index (χ2v) is 11.4. The number of aliphatic imine (C=N–C) groups is 2. The maximum Gasteiger partial charge on any atom is 0.155 e. The average Bonchev–Trinajstić information content (AvgIpc) is 2.82. The summed E-state index contributed by atoms with van der Waals surface area (Å²) in [5.41, 5.74) is 14.3. The number of methoxy groups -OCH3 is 2. The van der Waals surface area contributed by atoms with E-state index in [2.05, 4.69) is 9.98 Å². The first kappa shape index (κ1) is 29.5. The third-order valence-electron chi connectivity index (χ3n) is 5.98. The fraction of sp³-hybridized carbons (Fsp3) is 0.448. The van der Waals surface area contributed by atoms with Crippen LogP contribution < -0.4 is 20.9 Å². The summed E-state index contributed by atoms with van der Waals surface area (Å²) in [7, 11) is 3.23. The summed E-state index contributed by atoms with van der Waals surface area (Å²) in [5.74, 6) is 2.29. The van der Waals surface area contributed by atoms with Crippen LogP contribution in [0.5, 0.6) is 11.5 Å². The van der Waals surface area contributed by atoms with Gasteiger partial charge in [-0.25, -0.2) is 20.0 Å². The number of hydrogen-bond acceptors (Lipinski definition) is 8. The summed E-state index contributed by atoms with van der Waals surface area (Å²) in [6.07, 6.45) is 6.90. The molecule has 8 heteroatoms. The molecule has 0 aliphatic carbocycles. The van der Waals surface area contributed by atoms with Gasteiger partial charge in [-0.05, 0) is 26.0 Å². The Balaban J connectivity index is 2.51. The van der Waals surface area contributed by atoms with E-state index in [-0.39, 0.29) is 10.8 Å². The lowest BCUT2D eigenvalue weighted by Crippen LogP contribution is -2.22. The molecule has 37 heavy (non-hydrogen) atoms. The standard InChI is InChI=1S/C29H42N6O2/c1-27(2,3)21(30)11-13-32-25-17-19(36-9)15-23(34-25)29(7,8)24-16-20(37-10)18-26(35-24)33-14-12-22(31)28(4,5)6/h11-18H,30-31H2,1-10H3. The van der Waals surface area contributed by atoms with E-state index in [1.54, 1.807) is 50.9 Å².